The SMILES string of the molecule is CN1CCn2c(-c3cccc(F)c3)cnc2C12CCN(Cc1ccco1)CC2. The average molecular weight is 380 g/mol. The van der Waals surface area contributed by atoms with Gasteiger partial charge in [0.25, 0.3) is 0 Å². The molecule has 6 heteroatoms. The highest BCUT2D eigenvalue weighted by Gasteiger charge is 2.45. The fourth-order valence-electron chi connectivity index (χ4n) is 4.80. The van der Waals surface area contributed by atoms with Crippen LogP contribution in [0.1, 0.15) is 24.4 Å². The third-order valence-corrected chi connectivity index (χ3v) is 6.42. The van der Waals surface area contributed by atoms with Gasteiger partial charge in [0.15, 0.2) is 0 Å². The summed E-state index contributed by atoms with van der Waals surface area (Å²) in [5.41, 5.74) is 1.86. The minimum atomic E-state index is -0.207. The van der Waals surface area contributed by atoms with Gasteiger partial charge in [-0.05, 0) is 44.2 Å². The van der Waals surface area contributed by atoms with Crippen molar-refractivity contribution in [2.24, 2.45) is 0 Å². The van der Waals surface area contributed by atoms with Crippen LogP contribution in [0.3, 0.4) is 0 Å². The molecule has 0 atom stereocenters. The van der Waals surface area contributed by atoms with E-state index >= 15 is 0 Å². The Labute approximate surface area is 164 Å². The molecule has 0 N–H and O–H groups in total. The number of imidazole rings is 1. The number of rotatable bonds is 3. The zero-order valence-corrected chi connectivity index (χ0v) is 16.1. The molecule has 146 valence electrons. The van der Waals surface area contributed by atoms with E-state index < -0.39 is 0 Å². The van der Waals surface area contributed by atoms with E-state index in [-0.39, 0.29) is 11.4 Å². The largest absolute Gasteiger partial charge is 0.468 e. The summed E-state index contributed by atoms with van der Waals surface area (Å²) in [6, 6.07) is 10.8. The first-order valence-electron chi connectivity index (χ1n) is 9.94. The third kappa shape index (κ3) is 2.88. The Morgan fingerprint density at radius 3 is 2.71 bits per heavy atom. The molecular weight excluding hydrogens is 355 g/mol. The maximum atomic E-state index is 13.7. The molecule has 0 aliphatic carbocycles. The molecule has 5 rings (SSSR count). The van der Waals surface area contributed by atoms with Gasteiger partial charge in [0.1, 0.15) is 17.4 Å². The van der Waals surface area contributed by atoms with Crippen LogP contribution < -0.4 is 0 Å². The minimum Gasteiger partial charge on any atom is -0.468 e. The average Bonchev–Trinajstić information content (AvgIpc) is 3.36. The zero-order chi connectivity index (χ0) is 19.1. The van der Waals surface area contributed by atoms with Gasteiger partial charge in [0.05, 0.1) is 30.2 Å². The van der Waals surface area contributed by atoms with E-state index in [1.54, 1.807) is 18.4 Å². The molecule has 0 bridgehead atoms. The Bertz CT molecular complexity index is 957. The zero-order valence-electron chi connectivity index (χ0n) is 16.1. The normalized spacial score (nSPS) is 19.8. The maximum Gasteiger partial charge on any atom is 0.129 e. The molecule has 1 saturated heterocycles. The third-order valence-electron chi connectivity index (χ3n) is 6.42. The smallest absolute Gasteiger partial charge is 0.129 e. The molecule has 0 unspecified atom stereocenters. The van der Waals surface area contributed by atoms with Crippen molar-refractivity contribution >= 4 is 0 Å². The second-order valence-corrected chi connectivity index (χ2v) is 7.94. The number of nitrogens with zero attached hydrogens (tertiary/aromatic N) is 4. The Morgan fingerprint density at radius 1 is 1.11 bits per heavy atom. The summed E-state index contributed by atoms with van der Waals surface area (Å²) in [5, 5.41) is 0. The van der Waals surface area contributed by atoms with Crippen molar-refractivity contribution in [3.63, 3.8) is 0 Å². The summed E-state index contributed by atoms with van der Waals surface area (Å²) in [6.45, 7) is 4.73. The van der Waals surface area contributed by atoms with Crippen molar-refractivity contribution in [1.29, 1.82) is 0 Å². The second kappa shape index (κ2) is 6.87. The summed E-state index contributed by atoms with van der Waals surface area (Å²) in [4.78, 5) is 9.77. The van der Waals surface area contributed by atoms with Crippen molar-refractivity contribution in [1.82, 2.24) is 19.4 Å². The second-order valence-electron chi connectivity index (χ2n) is 7.94. The summed E-state index contributed by atoms with van der Waals surface area (Å²) in [6.07, 6.45) is 5.72. The number of fused-ring (bicyclic) bond motifs is 2. The molecule has 2 aliphatic rings. The Hall–Kier alpha value is -2.44. The lowest BCUT2D eigenvalue weighted by molar-refractivity contribution is 0.00549. The molecule has 4 heterocycles. The van der Waals surface area contributed by atoms with Crippen LogP contribution in [-0.2, 0) is 18.6 Å². The molecule has 0 amide bonds. The van der Waals surface area contributed by atoms with Crippen LogP contribution in [0.25, 0.3) is 11.3 Å². The van der Waals surface area contributed by atoms with Gasteiger partial charge in [-0.3, -0.25) is 9.80 Å². The predicted octanol–water partition coefficient (Wildman–Crippen LogP) is 3.72. The van der Waals surface area contributed by atoms with Crippen LogP contribution in [0.5, 0.6) is 0 Å². The lowest BCUT2D eigenvalue weighted by atomic mass is 9.83. The first-order chi connectivity index (χ1) is 13.7. The standard InChI is InChI=1S/C22H25FN4O/c1-25-11-12-27-20(17-4-2-5-18(23)14-17)15-24-21(27)22(25)7-9-26(10-8-22)16-19-6-3-13-28-19/h2-6,13-15H,7-12,16H2,1H3. The molecule has 2 aromatic heterocycles. The van der Waals surface area contributed by atoms with Gasteiger partial charge >= 0.3 is 0 Å². The first-order valence-corrected chi connectivity index (χ1v) is 9.94. The number of aromatic nitrogens is 2. The first kappa shape index (κ1) is 17.6. The minimum absolute atomic E-state index is 0.0521. The van der Waals surface area contributed by atoms with Crippen molar-refractivity contribution < 1.29 is 8.81 Å². The fraction of sp³-hybridized carbons (Fsp3) is 0.409. The lowest BCUT2D eigenvalue weighted by Gasteiger charge is -2.49. The predicted molar refractivity (Wildman–Crippen MR) is 105 cm³/mol. The van der Waals surface area contributed by atoms with Crippen molar-refractivity contribution in [2.45, 2.75) is 31.5 Å². The highest BCUT2D eigenvalue weighted by atomic mass is 19.1. The highest BCUT2D eigenvalue weighted by Crippen LogP contribution is 2.41. The van der Waals surface area contributed by atoms with Crippen molar-refractivity contribution in [2.75, 3.05) is 26.7 Å². The fourth-order valence-corrected chi connectivity index (χ4v) is 4.80. The van der Waals surface area contributed by atoms with Crippen molar-refractivity contribution in [3.05, 3.63) is 66.3 Å². The van der Waals surface area contributed by atoms with Crippen LogP contribution in [0.4, 0.5) is 4.39 Å². The molecule has 3 aromatic rings. The number of benzene rings is 1. The van der Waals surface area contributed by atoms with Crippen molar-refractivity contribution in [3.8, 4) is 11.3 Å². The van der Waals surface area contributed by atoms with Gasteiger partial charge in [-0.15, -0.1) is 0 Å². The summed E-state index contributed by atoms with van der Waals surface area (Å²) < 4.78 is 21.6. The van der Waals surface area contributed by atoms with E-state index in [0.717, 1.165) is 68.4 Å². The Balaban J connectivity index is 1.43. The molecule has 2 aliphatic heterocycles. The summed E-state index contributed by atoms with van der Waals surface area (Å²) >= 11 is 0. The summed E-state index contributed by atoms with van der Waals surface area (Å²) in [5.74, 6) is 1.93. The topological polar surface area (TPSA) is 37.4 Å². The van der Waals surface area contributed by atoms with Gasteiger partial charge in [0, 0.05) is 31.7 Å². The van der Waals surface area contributed by atoms with E-state index in [1.165, 1.54) is 6.07 Å². The number of piperidine rings is 1. The van der Waals surface area contributed by atoms with Crippen LogP contribution in [0, 0.1) is 5.82 Å². The van der Waals surface area contributed by atoms with E-state index in [0.29, 0.717) is 0 Å². The van der Waals surface area contributed by atoms with E-state index in [9.17, 15) is 4.39 Å². The highest BCUT2D eigenvalue weighted by molar-refractivity contribution is 5.60. The quantitative estimate of drug-likeness (QED) is 0.694. The molecule has 5 nitrogen and oxygen atoms in total. The maximum absolute atomic E-state index is 13.7. The Morgan fingerprint density at radius 2 is 1.96 bits per heavy atom. The molecule has 0 saturated carbocycles. The van der Waals surface area contributed by atoms with E-state index in [2.05, 4.69) is 21.4 Å². The molecular formula is C22H25FN4O. The molecule has 28 heavy (non-hydrogen) atoms. The van der Waals surface area contributed by atoms with Crippen LogP contribution in [0.15, 0.2) is 53.3 Å². The van der Waals surface area contributed by atoms with Crippen LogP contribution in [-0.4, -0.2) is 46.0 Å². The van der Waals surface area contributed by atoms with Gasteiger partial charge < -0.3 is 8.98 Å². The molecule has 0 radical (unpaired) electrons. The molecule has 1 spiro atoms. The van der Waals surface area contributed by atoms with Gasteiger partial charge in [-0.1, -0.05) is 12.1 Å². The number of hydrogen-bond acceptors (Lipinski definition) is 4. The van der Waals surface area contributed by atoms with Crippen LogP contribution >= 0.6 is 0 Å². The van der Waals surface area contributed by atoms with Gasteiger partial charge in [-0.2, -0.15) is 0 Å². The number of hydrogen-bond donors (Lipinski definition) is 0. The monoisotopic (exact) mass is 380 g/mol. The number of likely N-dealkylation sites (tertiary alicyclic amines) is 1. The summed E-state index contributed by atoms with van der Waals surface area (Å²) in [7, 11) is 2.21. The number of furan rings is 1. The number of halogens is 1. The Kier molecular flexibility index (Phi) is 4.33. The van der Waals surface area contributed by atoms with Gasteiger partial charge in [-0.25, -0.2) is 9.37 Å². The molecule has 1 fully saturated rings. The van der Waals surface area contributed by atoms with E-state index in [1.807, 2.05) is 24.4 Å². The molecule has 1 aromatic carbocycles. The van der Waals surface area contributed by atoms with E-state index in [4.69, 9.17) is 9.40 Å². The van der Waals surface area contributed by atoms with Gasteiger partial charge in [0.2, 0.25) is 0 Å². The van der Waals surface area contributed by atoms with Crippen LogP contribution in [0.2, 0.25) is 0 Å². The number of likely N-dealkylation sites (N-methyl/N-ethyl adjacent to an activating group) is 1. The lowest BCUT2D eigenvalue weighted by Crippen LogP contribution is -2.56.